The number of benzene rings is 3. The molecule has 0 atom stereocenters. The summed E-state index contributed by atoms with van der Waals surface area (Å²) in [6.07, 6.45) is 1.93. The summed E-state index contributed by atoms with van der Waals surface area (Å²) in [7, 11) is -3.91. The van der Waals surface area contributed by atoms with Crippen LogP contribution in [0.1, 0.15) is 16.7 Å². The molecule has 0 aliphatic heterocycles. The molecule has 1 N–H and O–H groups in total. The third-order valence-electron chi connectivity index (χ3n) is 4.87. The molecule has 31 heavy (non-hydrogen) atoms. The summed E-state index contributed by atoms with van der Waals surface area (Å²) < 4.78 is 28.0. The van der Waals surface area contributed by atoms with Crippen molar-refractivity contribution in [2.45, 2.75) is 30.2 Å². The lowest BCUT2D eigenvalue weighted by Crippen LogP contribution is -2.40. The number of carbonyl (C=O) groups excluding carboxylic acids is 1. The van der Waals surface area contributed by atoms with Crippen molar-refractivity contribution in [2.75, 3.05) is 17.1 Å². The first-order chi connectivity index (χ1) is 14.8. The van der Waals surface area contributed by atoms with Gasteiger partial charge in [0.2, 0.25) is 5.91 Å². The van der Waals surface area contributed by atoms with Gasteiger partial charge in [-0.15, -0.1) is 11.8 Å². The number of nitrogens with one attached hydrogen (secondary N) is 1. The van der Waals surface area contributed by atoms with E-state index in [0.29, 0.717) is 12.2 Å². The fourth-order valence-corrected chi connectivity index (χ4v) is 4.82. The fraction of sp³-hybridized carbons (Fsp3) is 0.208. The highest BCUT2D eigenvalue weighted by Gasteiger charge is 2.27. The van der Waals surface area contributed by atoms with Gasteiger partial charge in [0.05, 0.1) is 10.6 Å². The normalized spacial score (nSPS) is 11.2. The molecule has 5 nitrogen and oxygen atoms in total. The minimum atomic E-state index is -3.91. The molecule has 0 fully saturated rings. The number of anilines is 1. The van der Waals surface area contributed by atoms with E-state index in [-0.39, 0.29) is 17.3 Å². The number of aryl methyl sites for hydroxylation is 2. The number of hydrogen-bond donors (Lipinski definition) is 1. The molecule has 0 spiro atoms. The van der Waals surface area contributed by atoms with Crippen LogP contribution >= 0.6 is 11.8 Å². The third kappa shape index (κ3) is 5.89. The highest BCUT2D eigenvalue weighted by molar-refractivity contribution is 7.98. The molecule has 0 heterocycles. The average Bonchev–Trinajstić information content (AvgIpc) is 2.78. The molecule has 1 amide bonds. The van der Waals surface area contributed by atoms with Crippen LogP contribution in [0.15, 0.2) is 82.6 Å². The number of amides is 1. The number of carbonyl (C=O) groups is 1. The molecule has 0 saturated carbocycles. The summed E-state index contributed by atoms with van der Waals surface area (Å²) in [5, 5.41) is 2.82. The predicted molar refractivity (Wildman–Crippen MR) is 127 cm³/mol. The summed E-state index contributed by atoms with van der Waals surface area (Å²) in [4.78, 5) is 13.8. The average molecular weight is 455 g/mol. The first kappa shape index (κ1) is 22.9. The Morgan fingerprint density at radius 2 is 1.42 bits per heavy atom. The van der Waals surface area contributed by atoms with Crippen LogP contribution in [0, 0.1) is 13.8 Å². The molecule has 3 aromatic carbocycles. The molecule has 3 rings (SSSR count). The Kier molecular flexibility index (Phi) is 7.41. The molecule has 0 radical (unpaired) electrons. The van der Waals surface area contributed by atoms with Crippen LogP contribution in [0.2, 0.25) is 0 Å². The highest BCUT2D eigenvalue weighted by Crippen LogP contribution is 2.25. The van der Waals surface area contributed by atoms with Crippen LogP contribution in [0.4, 0.5) is 5.69 Å². The molecule has 0 aliphatic carbocycles. The first-order valence-corrected chi connectivity index (χ1v) is 12.5. The highest BCUT2D eigenvalue weighted by atomic mass is 32.2. The van der Waals surface area contributed by atoms with Crippen LogP contribution in [0.5, 0.6) is 0 Å². The Morgan fingerprint density at radius 1 is 0.871 bits per heavy atom. The molecular weight excluding hydrogens is 428 g/mol. The van der Waals surface area contributed by atoms with E-state index in [0.717, 1.165) is 25.9 Å². The van der Waals surface area contributed by atoms with Gasteiger partial charge in [0.25, 0.3) is 10.0 Å². The SMILES string of the molecule is CSc1ccc(S(=O)(=O)N(CC(=O)NCc2ccc(C)cc2)c2ccc(C)cc2)cc1. The van der Waals surface area contributed by atoms with Gasteiger partial charge in [-0.2, -0.15) is 0 Å². The number of sulfonamides is 1. The quantitative estimate of drug-likeness (QED) is 0.508. The zero-order chi connectivity index (χ0) is 22.4. The van der Waals surface area contributed by atoms with Crippen molar-refractivity contribution in [1.82, 2.24) is 5.32 Å². The van der Waals surface area contributed by atoms with E-state index in [1.165, 1.54) is 11.8 Å². The topological polar surface area (TPSA) is 66.5 Å². The van der Waals surface area contributed by atoms with Crippen LogP contribution < -0.4 is 9.62 Å². The fourth-order valence-electron chi connectivity index (χ4n) is 2.99. The molecule has 0 aromatic heterocycles. The van der Waals surface area contributed by atoms with Crippen molar-refractivity contribution in [3.05, 3.63) is 89.5 Å². The Labute approximate surface area is 188 Å². The van der Waals surface area contributed by atoms with Gasteiger partial charge in [-0.05, 0) is 62.1 Å². The summed E-state index contributed by atoms with van der Waals surface area (Å²) in [5.41, 5.74) is 3.55. The van der Waals surface area contributed by atoms with Gasteiger partial charge in [0.1, 0.15) is 6.54 Å². The molecular formula is C24H26N2O3S2. The second-order valence-electron chi connectivity index (χ2n) is 7.29. The maximum Gasteiger partial charge on any atom is 0.264 e. The van der Waals surface area contributed by atoms with Gasteiger partial charge in [0, 0.05) is 11.4 Å². The van der Waals surface area contributed by atoms with Crippen LogP contribution in [0.25, 0.3) is 0 Å². The van der Waals surface area contributed by atoms with E-state index in [1.807, 2.05) is 56.5 Å². The Balaban J connectivity index is 1.84. The predicted octanol–water partition coefficient (Wildman–Crippen LogP) is 4.54. The third-order valence-corrected chi connectivity index (χ3v) is 7.40. The van der Waals surface area contributed by atoms with E-state index < -0.39 is 10.0 Å². The molecule has 162 valence electrons. The van der Waals surface area contributed by atoms with E-state index in [2.05, 4.69) is 5.32 Å². The van der Waals surface area contributed by atoms with Gasteiger partial charge in [-0.25, -0.2) is 8.42 Å². The summed E-state index contributed by atoms with van der Waals surface area (Å²) in [6, 6.07) is 21.6. The minimum Gasteiger partial charge on any atom is -0.350 e. The lowest BCUT2D eigenvalue weighted by atomic mass is 10.1. The maximum absolute atomic E-state index is 13.4. The van der Waals surface area contributed by atoms with Crippen molar-refractivity contribution in [3.63, 3.8) is 0 Å². The molecule has 7 heteroatoms. The standard InChI is InChI=1S/C24H26N2O3S2/c1-18-4-8-20(9-5-18)16-25-24(27)17-26(21-10-6-19(2)7-11-21)31(28,29)23-14-12-22(30-3)13-15-23/h4-15H,16-17H2,1-3H3,(H,25,27). The molecule has 0 saturated heterocycles. The maximum atomic E-state index is 13.4. The molecule has 3 aromatic rings. The van der Waals surface area contributed by atoms with Gasteiger partial charge >= 0.3 is 0 Å². The first-order valence-electron chi connectivity index (χ1n) is 9.85. The molecule has 0 bridgehead atoms. The van der Waals surface area contributed by atoms with Crippen molar-refractivity contribution in [2.24, 2.45) is 0 Å². The van der Waals surface area contributed by atoms with Crippen molar-refractivity contribution in [3.8, 4) is 0 Å². The zero-order valence-corrected chi connectivity index (χ0v) is 19.5. The van der Waals surface area contributed by atoms with Crippen molar-refractivity contribution in [1.29, 1.82) is 0 Å². The van der Waals surface area contributed by atoms with Crippen molar-refractivity contribution >= 4 is 33.4 Å². The Hall–Kier alpha value is -2.77. The Morgan fingerprint density at radius 3 is 1.97 bits per heavy atom. The molecule has 0 unspecified atom stereocenters. The van der Waals surface area contributed by atoms with E-state index in [9.17, 15) is 13.2 Å². The van der Waals surface area contributed by atoms with Crippen LogP contribution in [0.3, 0.4) is 0 Å². The van der Waals surface area contributed by atoms with E-state index in [1.54, 1.807) is 36.4 Å². The van der Waals surface area contributed by atoms with E-state index in [4.69, 9.17) is 0 Å². The van der Waals surface area contributed by atoms with Gasteiger partial charge in [-0.3, -0.25) is 9.10 Å². The summed E-state index contributed by atoms with van der Waals surface area (Å²) in [6.45, 7) is 3.96. The second kappa shape index (κ2) is 10.0. The zero-order valence-electron chi connectivity index (χ0n) is 17.8. The van der Waals surface area contributed by atoms with Gasteiger partial charge < -0.3 is 5.32 Å². The van der Waals surface area contributed by atoms with Gasteiger partial charge in [0.15, 0.2) is 0 Å². The lowest BCUT2D eigenvalue weighted by Gasteiger charge is -2.24. The van der Waals surface area contributed by atoms with Crippen molar-refractivity contribution < 1.29 is 13.2 Å². The number of nitrogens with zero attached hydrogens (tertiary/aromatic N) is 1. The number of thioether (sulfide) groups is 1. The lowest BCUT2D eigenvalue weighted by molar-refractivity contribution is -0.119. The number of hydrogen-bond acceptors (Lipinski definition) is 4. The Bertz CT molecular complexity index is 1120. The van der Waals surface area contributed by atoms with Gasteiger partial charge in [-0.1, -0.05) is 47.5 Å². The van der Waals surface area contributed by atoms with Crippen LogP contribution in [-0.4, -0.2) is 27.1 Å². The van der Waals surface area contributed by atoms with E-state index >= 15 is 0 Å². The summed E-state index contributed by atoms with van der Waals surface area (Å²) >= 11 is 1.54. The monoisotopic (exact) mass is 454 g/mol. The van der Waals surface area contributed by atoms with Crippen LogP contribution in [-0.2, 0) is 21.4 Å². The number of rotatable bonds is 8. The minimum absolute atomic E-state index is 0.150. The molecule has 0 aliphatic rings. The summed E-state index contributed by atoms with van der Waals surface area (Å²) in [5.74, 6) is -0.370. The second-order valence-corrected chi connectivity index (χ2v) is 10.0. The smallest absolute Gasteiger partial charge is 0.264 e. The largest absolute Gasteiger partial charge is 0.350 e.